The van der Waals surface area contributed by atoms with Gasteiger partial charge in [-0.25, -0.2) is 4.79 Å². The zero-order valence-electron chi connectivity index (χ0n) is 17.3. The molecule has 0 saturated heterocycles. The summed E-state index contributed by atoms with van der Waals surface area (Å²) in [5.74, 6) is -0.540. The van der Waals surface area contributed by atoms with Crippen molar-refractivity contribution < 1.29 is 14.6 Å². The number of hydrogen-bond acceptors (Lipinski definition) is 5. The lowest BCUT2D eigenvalue weighted by atomic mass is 10.0. The van der Waals surface area contributed by atoms with Gasteiger partial charge in [0.25, 0.3) is 0 Å². The van der Waals surface area contributed by atoms with Gasteiger partial charge in [0.2, 0.25) is 5.43 Å². The molecule has 0 radical (unpaired) electrons. The summed E-state index contributed by atoms with van der Waals surface area (Å²) in [6.07, 6.45) is 5.54. The molecule has 2 aliphatic rings. The van der Waals surface area contributed by atoms with Gasteiger partial charge in [-0.3, -0.25) is 4.79 Å². The summed E-state index contributed by atoms with van der Waals surface area (Å²) in [6, 6.07) is 6.67. The first-order valence-corrected chi connectivity index (χ1v) is 11.0. The highest BCUT2D eigenvalue weighted by Crippen LogP contribution is 2.45. The summed E-state index contributed by atoms with van der Waals surface area (Å²) in [5, 5.41) is 9.89. The van der Waals surface area contributed by atoms with E-state index in [-0.39, 0.29) is 11.6 Å². The van der Waals surface area contributed by atoms with Crippen molar-refractivity contribution >= 4 is 28.2 Å². The molecule has 1 unspecified atom stereocenters. The fraction of sp³-hybridized carbons (Fsp3) is 0.391. The molecule has 0 amide bonds. The highest BCUT2D eigenvalue weighted by molar-refractivity contribution is 7.15. The number of carboxylic acid groups (broad SMARTS) is 1. The lowest BCUT2D eigenvalue weighted by Gasteiger charge is -2.18. The predicted molar refractivity (Wildman–Crippen MR) is 118 cm³/mol. The topological polar surface area (TPSA) is 71.8 Å². The zero-order valence-corrected chi connectivity index (χ0v) is 18.1. The van der Waals surface area contributed by atoms with E-state index >= 15 is 0 Å². The highest BCUT2D eigenvalue weighted by atomic mass is 32.1. The maximum absolute atomic E-state index is 12.8. The van der Waals surface area contributed by atoms with Crippen LogP contribution < -0.4 is 10.2 Å². The van der Waals surface area contributed by atoms with E-state index in [1.54, 1.807) is 24.5 Å². The molecule has 3 aromatic rings. The quantitative estimate of drug-likeness (QED) is 0.675. The maximum Gasteiger partial charge on any atom is 0.341 e. The Hall–Kier alpha value is -2.64. The van der Waals surface area contributed by atoms with Crippen molar-refractivity contribution in [2.75, 3.05) is 21.2 Å². The Morgan fingerprint density at radius 1 is 1.27 bits per heavy atom. The molecule has 1 aromatic carbocycles. The van der Waals surface area contributed by atoms with Gasteiger partial charge in [0.1, 0.15) is 5.56 Å². The van der Waals surface area contributed by atoms with E-state index in [0.29, 0.717) is 22.7 Å². The van der Waals surface area contributed by atoms with Crippen LogP contribution >= 0.6 is 11.3 Å². The van der Waals surface area contributed by atoms with E-state index in [1.165, 1.54) is 16.6 Å². The van der Waals surface area contributed by atoms with Crippen LogP contribution in [0.5, 0.6) is 5.75 Å². The molecule has 2 aromatic heterocycles. The molecule has 1 saturated carbocycles. The van der Waals surface area contributed by atoms with Gasteiger partial charge in [0.15, 0.2) is 5.75 Å². The predicted octanol–water partition coefficient (Wildman–Crippen LogP) is 3.80. The summed E-state index contributed by atoms with van der Waals surface area (Å²) in [5.41, 5.74) is 2.40. The maximum atomic E-state index is 12.8. The number of nitrogens with zero attached hydrogens (tertiary/aromatic N) is 2. The molecule has 6 nitrogen and oxygen atoms in total. The monoisotopic (exact) mass is 424 g/mol. The normalized spacial score (nSPS) is 18.2. The number of carboxylic acids is 1. The number of thiophene rings is 1. The number of aromatic nitrogens is 1. The lowest BCUT2D eigenvalue weighted by molar-refractivity contribution is 0.0695. The Morgan fingerprint density at radius 2 is 2.03 bits per heavy atom. The summed E-state index contributed by atoms with van der Waals surface area (Å²) >= 11 is 1.79. The highest BCUT2D eigenvalue weighted by Gasteiger charge is 2.30. The van der Waals surface area contributed by atoms with Crippen LogP contribution in [0.1, 0.15) is 39.7 Å². The Labute approximate surface area is 178 Å². The van der Waals surface area contributed by atoms with Crippen LogP contribution in [0.2, 0.25) is 0 Å². The Bertz CT molecular complexity index is 1210. The van der Waals surface area contributed by atoms with Crippen LogP contribution in [0.3, 0.4) is 0 Å². The van der Waals surface area contributed by atoms with Gasteiger partial charge in [-0.1, -0.05) is 0 Å². The first-order chi connectivity index (χ1) is 14.4. The second kappa shape index (κ2) is 6.96. The molecular formula is C23H24N2O4S. The van der Waals surface area contributed by atoms with Gasteiger partial charge < -0.3 is 19.3 Å². The van der Waals surface area contributed by atoms with Gasteiger partial charge >= 0.3 is 5.97 Å². The number of carbonyl (C=O) groups is 1. The summed E-state index contributed by atoms with van der Waals surface area (Å²) < 4.78 is 7.77. The number of methoxy groups -OCH3 is 1. The molecule has 2 aliphatic carbocycles. The second-order valence-corrected chi connectivity index (χ2v) is 9.58. The van der Waals surface area contributed by atoms with Gasteiger partial charge in [-0.15, -0.1) is 11.3 Å². The van der Waals surface area contributed by atoms with Crippen LogP contribution in [0.4, 0.5) is 0 Å². The molecule has 1 N–H and O–H groups in total. The molecule has 0 bridgehead atoms. The minimum absolute atomic E-state index is 0.186. The number of rotatable bonds is 5. The fourth-order valence-corrected chi connectivity index (χ4v) is 5.75. The van der Waals surface area contributed by atoms with Gasteiger partial charge in [0.05, 0.1) is 18.0 Å². The first kappa shape index (κ1) is 19.3. The van der Waals surface area contributed by atoms with Crippen LogP contribution in [-0.2, 0) is 12.8 Å². The SMILES string of the molecule is COc1c(-c2cc3c(s2)CC(N(C)C)C3)ccc2c(=O)c(C(=O)O)cn(C3CC3)c12. The molecule has 1 fully saturated rings. The molecule has 30 heavy (non-hydrogen) atoms. The molecule has 7 heteroatoms. The largest absolute Gasteiger partial charge is 0.494 e. The first-order valence-electron chi connectivity index (χ1n) is 10.2. The van der Waals surface area contributed by atoms with E-state index in [0.717, 1.165) is 36.1 Å². The molecule has 0 aliphatic heterocycles. The number of likely N-dealkylation sites (N-methyl/N-ethyl adjacent to an activating group) is 1. The van der Waals surface area contributed by atoms with E-state index < -0.39 is 11.4 Å². The van der Waals surface area contributed by atoms with Crippen LogP contribution in [0.25, 0.3) is 21.3 Å². The van der Waals surface area contributed by atoms with Gasteiger partial charge in [-0.05, 0) is 63.5 Å². The number of ether oxygens (including phenoxy) is 1. The fourth-order valence-electron chi connectivity index (χ4n) is 4.46. The summed E-state index contributed by atoms with van der Waals surface area (Å²) in [4.78, 5) is 29.3. The van der Waals surface area contributed by atoms with Crippen molar-refractivity contribution in [2.45, 2.75) is 37.8 Å². The minimum Gasteiger partial charge on any atom is -0.494 e. The second-order valence-electron chi connectivity index (χ2n) is 8.44. The third-order valence-corrected chi connectivity index (χ3v) is 7.52. The minimum atomic E-state index is -1.19. The molecule has 2 heterocycles. The van der Waals surface area contributed by atoms with Gasteiger partial charge in [-0.2, -0.15) is 0 Å². The number of benzene rings is 1. The van der Waals surface area contributed by atoms with E-state index in [4.69, 9.17) is 4.74 Å². The van der Waals surface area contributed by atoms with E-state index in [1.807, 2.05) is 10.6 Å². The zero-order chi connectivity index (χ0) is 21.2. The smallest absolute Gasteiger partial charge is 0.341 e. The van der Waals surface area contributed by atoms with E-state index in [9.17, 15) is 14.7 Å². The van der Waals surface area contributed by atoms with Crippen molar-refractivity contribution in [1.82, 2.24) is 9.47 Å². The third-order valence-electron chi connectivity index (χ3n) is 6.29. The number of aromatic carboxylic acids is 1. The molecule has 156 valence electrons. The van der Waals surface area contributed by atoms with Crippen molar-refractivity contribution in [3.8, 4) is 16.2 Å². The molecule has 5 rings (SSSR count). The Balaban J connectivity index is 1.70. The van der Waals surface area contributed by atoms with Crippen LogP contribution in [0.15, 0.2) is 29.2 Å². The summed E-state index contributed by atoms with van der Waals surface area (Å²) in [6.45, 7) is 0. The number of pyridine rings is 1. The third kappa shape index (κ3) is 2.96. The Morgan fingerprint density at radius 3 is 2.63 bits per heavy atom. The van der Waals surface area contributed by atoms with E-state index in [2.05, 4.69) is 25.1 Å². The summed E-state index contributed by atoms with van der Waals surface area (Å²) in [7, 11) is 5.86. The lowest BCUT2D eigenvalue weighted by Crippen LogP contribution is -2.28. The van der Waals surface area contributed by atoms with Crippen LogP contribution in [-0.4, -0.2) is 47.8 Å². The molecule has 0 spiro atoms. The molecule has 1 atom stereocenters. The van der Waals surface area contributed by atoms with Gasteiger partial charge in [0, 0.05) is 33.6 Å². The molecular weight excluding hydrogens is 400 g/mol. The van der Waals surface area contributed by atoms with Crippen molar-refractivity contribution in [3.63, 3.8) is 0 Å². The van der Waals surface area contributed by atoms with Crippen LogP contribution in [0, 0.1) is 0 Å². The van der Waals surface area contributed by atoms with Crippen molar-refractivity contribution in [1.29, 1.82) is 0 Å². The van der Waals surface area contributed by atoms with Crippen molar-refractivity contribution in [3.05, 3.63) is 50.6 Å². The Kier molecular flexibility index (Phi) is 4.48. The standard InChI is InChI=1S/C23H24N2O4S/c1-24(2)14-8-12-9-19(30-18(12)10-14)15-6-7-16-20(22(15)29-3)25(13-4-5-13)11-17(21(16)26)23(27)28/h6-7,9,11,13-14H,4-5,8,10H2,1-3H3,(H,27,28). The average molecular weight is 425 g/mol. The average Bonchev–Trinajstić information content (AvgIpc) is 3.35. The number of hydrogen-bond donors (Lipinski definition) is 1. The number of fused-ring (bicyclic) bond motifs is 2. The van der Waals surface area contributed by atoms with Crippen molar-refractivity contribution in [2.24, 2.45) is 0 Å².